The number of alkyl halides is 2. The number of fused-ring (bicyclic) bond motifs is 2. The van der Waals surface area contributed by atoms with Crippen molar-refractivity contribution in [2.75, 3.05) is 0 Å². The molecule has 4 rings (SSSR count). The van der Waals surface area contributed by atoms with E-state index < -0.39 is 58.0 Å². The molecule has 3 aromatic carbocycles. The minimum absolute atomic E-state index is 0.0101. The van der Waals surface area contributed by atoms with Gasteiger partial charge in [0.05, 0.1) is 0 Å². The van der Waals surface area contributed by atoms with Crippen molar-refractivity contribution < 1.29 is 40.2 Å². The lowest BCUT2D eigenvalue weighted by Crippen LogP contribution is -2.25. The number of benzene rings is 3. The average molecular weight is 498 g/mol. The van der Waals surface area contributed by atoms with Crippen molar-refractivity contribution in [3.05, 3.63) is 87.2 Å². The van der Waals surface area contributed by atoms with E-state index in [0.717, 1.165) is 24.3 Å². The highest BCUT2D eigenvalue weighted by atomic mass is 19.3. The fraction of sp³-hybridized carbons (Fsp3) is 0.308. The number of aryl methyl sites for hydroxylation is 2. The maximum atomic E-state index is 15.2. The van der Waals surface area contributed by atoms with Crippen LogP contribution in [0.3, 0.4) is 0 Å². The molecule has 0 radical (unpaired) electrons. The topological polar surface area (TPSA) is 18.5 Å². The van der Waals surface area contributed by atoms with E-state index in [4.69, 9.17) is 4.74 Å². The normalized spacial score (nSPS) is 12.7. The van der Waals surface area contributed by atoms with Gasteiger partial charge in [0.25, 0.3) is 0 Å². The summed E-state index contributed by atoms with van der Waals surface area (Å²) in [5, 5.41) is 0. The zero-order chi connectivity index (χ0) is 25.5. The quantitative estimate of drug-likeness (QED) is 0.240. The average Bonchev–Trinajstić information content (AvgIpc) is 2.81. The van der Waals surface area contributed by atoms with Gasteiger partial charge in [-0.15, -0.1) is 0 Å². The summed E-state index contributed by atoms with van der Waals surface area (Å²) in [4.78, 5) is 0. The highest BCUT2D eigenvalue weighted by Gasteiger charge is 2.41. The molecule has 0 unspecified atom stereocenters. The van der Waals surface area contributed by atoms with E-state index in [2.05, 4.69) is 4.74 Å². The minimum atomic E-state index is -4.43. The summed E-state index contributed by atoms with van der Waals surface area (Å²) < 4.78 is 112. The highest BCUT2D eigenvalue weighted by molar-refractivity contribution is 5.54. The zero-order valence-corrected chi connectivity index (χ0v) is 18.9. The molecule has 35 heavy (non-hydrogen) atoms. The number of hydrogen-bond donors (Lipinski definition) is 0. The highest BCUT2D eigenvalue weighted by Crippen LogP contribution is 2.45. The fourth-order valence-corrected chi connectivity index (χ4v) is 4.10. The molecule has 9 heteroatoms. The second kappa shape index (κ2) is 9.43. The number of rotatable bonds is 7. The third-order valence-electron chi connectivity index (χ3n) is 5.80. The van der Waals surface area contributed by atoms with Crippen LogP contribution in [0.1, 0.15) is 54.5 Å². The molecule has 0 saturated heterocycles. The Balaban J connectivity index is 1.69. The first-order valence-corrected chi connectivity index (χ1v) is 11.1. The van der Waals surface area contributed by atoms with Gasteiger partial charge in [0.1, 0.15) is 5.56 Å². The molecule has 0 saturated carbocycles. The second-order valence-electron chi connectivity index (χ2n) is 8.32. The van der Waals surface area contributed by atoms with E-state index in [1.54, 1.807) is 13.8 Å². The monoisotopic (exact) mass is 498 g/mol. The van der Waals surface area contributed by atoms with Gasteiger partial charge in [-0.3, -0.25) is 0 Å². The lowest BCUT2D eigenvalue weighted by atomic mass is 9.95. The van der Waals surface area contributed by atoms with Crippen LogP contribution in [0, 0.1) is 29.1 Å². The van der Waals surface area contributed by atoms with Gasteiger partial charge in [-0.2, -0.15) is 17.6 Å². The van der Waals surface area contributed by atoms with Gasteiger partial charge in [0.2, 0.25) is 11.6 Å². The molecule has 0 bridgehead atoms. The predicted molar refractivity (Wildman–Crippen MR) is 115 cm³/mol. The van der Waals surface area contributed by atoms with Crippen molar-refractivity contribution in [3.63, 3.8) is 0 Å². The van der Waals surface area contributed by atoms with Crippen LogP contribution in [0.4, 0.5) is 30.7 Å². The maximum absolute atomic E-state index is 15.2. The molecule has 0 amide bonds. The molecule has 186 valence electrons. The van der Waals surface area contributed by atoms with E-state index >= 15 is 4.39 Å². The van der Waals surface area contributed by atoms with Gasteiger partial charge in [-0.1, -0.05) is 38.8 Å². The molecular formula is C26H21F7O2. The van der Waals surface area contributed by atoms with Crippen LogP contribution >= 0.6 is 0 Å². The Morgan fingerprint density at radius 2 is 1.37 bits per heavy atom. The lowest BCUT2D eigenvalue weighted by molar-refractivity contribution is -0.189. The summed E-state index contributed by atoms with van der Waals surface area (Å²) in [5.74, 6) is -9.44. The summed E-state index contributed by atoms with van der Waals surface area (Å²) in [5.41, 5.74) is -0.833. The summed E-state index contributed by atoms with van der Waals surface area (Å²) in [6.45, 7) is 3.53. The third kappa shape index (κ3) is 4.44. The Kier molecular flexibility index (Phi) is 6.71. The molecule has 0 aliphatic carbocycles. The van der Waals surface area contributed by atoms with Crippen molar-refractivity contribution in [2.45, 2.75) is 52.1 Å². The van der Waals surface area contributed by atoms with E-state index in [0.29, 0.717) is 12.8 Å². The molecule has 0 atom stereocenters. The lowest BCUT2D eigenvalue weighted by Gasteiger charge is -2.25. The van der Waals surface area contributed by atoms with Crippen molar-refractivity contribution in [2.24, 2.45) is 0 Å². The number of halogens is 7. The third-order valence-corrected chi connectivity index (χ3v) is 5.80. The van der Waals surface area contributed by atoms with Crippen molar-refractivity contribution in [1.82, 2.24) is 0 Å². The van der Waals surface area contributed by atoms with Crippen LogP contribution < -0.4 is 9.47 Å². The molecule has 0 spiro atoms. The smallest absolute Gasteiger partial charge is 0.429 e. The Labute approximate surface area is 197 Å². The fourth-order valence-electron chi connectivity index (χ4n) is 4.10. The Hall–Kier alpha value is -3.23. The van der Waals surface area contributed by atoms with Crippen LogP contribution in [0.2, 0.25) is 0 Å². The number of ether oxygens (including phenoxy) is 2. The summed E-state index contributed by atoms with van der Waals surface area (Å²) in [7, 11) is 0. The summed E-state index contributed by atoms with van der Waals surface area (Å²) in [6, 6.07) is 5.22. The summed E-state index contributed by atoms with van der Waals surface area (Å²) in [6.07, 6.45) is -2.99. The van der Waals surface area contributed by atoms with Crippen LogP contribution in [-0.2, 0) is 25.4 Å². The molecule has 0 fully saturated rings. The Morgan fingerprint density at radius 3 is 2.06 bits per heavy atom. The molecule has 0 N–H and O–H groups in total. The molecule has 1 aliphatic rings. The molecule has 2 nitrogen and oxygen atoms in total. The largest absolute Gasteiger partial charge is 0.450 e. The molecule has 1 aliphatic heterocycles. The Bertz CT molecular complexity index is 1290. The molecule has 0 aromatic heterocycles. The van der Waals surface area contributed by atoms with Crippen LogP contribution in [-0.4, -0.2) is 0 Å². The van der Waals surface area contributed by atoms with Gasteiger partial charge in [-0.05, 0) is 42.2 Å². The van der Waals surface area contributed by atoms with Crippen LogP contribution in [0.15, 0.2) is 30.3 Å². The first-order valence-electron chi connectivity index (χ1n) is 11.1. The van der Waals surface area contributed by atoms with E-state index in [1.807, 2.05) is 0 Å². The molecular weight excluding hydrogens is 477 g/mol. The molecule has 1 heterocycles. The van der Waals surface area contributed by atoms with Gasteiger partial charge in [-0.25, -0.2) is 13.2 Å². The van der Waals surface area contributed by atoms with E-state index in [1.165, 1.54) is 6.07 Å². The minimum Gasteiger partial charge on any atom is -0.450 e. The van der Waals surface area contributed by atoms with E-state index in [9.17, 15) is 26.3 Å². The maximum Gasteiger partial charge on any atom is 0.429 e. The molecule has 3 aromatic rings. The van der Waals surface area contributed by atoms with Crippen LogP contribution in [0.5, 0.6) is 17.2 Å². The zero-order valence-electron chi connectivity index (χ0n) is 18.9. The first kappa shape index (κ1) is 24.9. The van der Waals surface area contributed by atoms with Crippen molar-refractivity contribution >= 4 is 0 Å². The van der Waals surface area contributed by atoms with Crippen LogP contribution in [0.25, 0.3) is 0 Å². The SMILES string of the molecule is CCCc1ccc(OC(F)(F)c2ccc3c(c2F)Oc2c(cc(CCC)c(F)c2F)C3)c(F)c1F. The summed E-state index contributed by atoms with van der Waals surface area (Å²) >= 11 is 0. The Morgan fingerprint density at radius 1 is 0.743 bits per heavy atom. The van der Waals surface area contributed by atoms with Crippen molar-refractivity contribution in [3.8, 4) is 17.2 Å². The van der Waals surface area contributed by atoms with E-state index in [-0.39, 0.29) is 41.5 Å². The van der Waals surface area contributed by atoms with Gasteiger partial charge in [0.15, 0.2) is 34.7 Å². The van der Waals surface area contributed by atoms with Crippen molar-refractivity contribution in [1.29, 1.82) is 0 Å². The number of hydrogen-bond acceptors (Lipinski definition) is 2. The second-order valence-corrected chi connectivity index (χ2v) is 8.32. The van der Waals surface area contributed by atoms with Gasteiger partial charge in [0, 0.05) is 17.5 Å². The van der Waals surface area contributed by atoms with Gasteiger partial charge >= 0.3 is 6.11 Å². The predicted octanol–water partition coefficient (Wildman–Crippen LogP) is 8.11. The first-order chi connectivity index (χ1) is 16.6. The standard InChI is InChI=1S/C26H21F7O2/c1-3-5-13-8-10-18(22(30)19(13)27)35-26(32,33)17-9-7-15-12-16-11-14(6-4-2)20(28)23(31)25(16)34-24(15)21(17)29/h7-11H,3-6,12H2,1-2H3. The van der Waals surface area contributed by atoms with Gasteiger partial charge < -0.3 is 9.47 Å².